The van der Waals surface area contributed by atoms with Crippen LogP contribution >= 0.6 is 0 Å². The minimum Gasteiger partial charge on any atom is -0.364 e. The van der Waals surface area contributed by atoms with Crippen molar-refractivity contribution in [3.63, 3.8) is 0 Å². The summed E-state index contributed by atoms with van der Waals surface area (Å²) in [5, 5.41) is 9.91. The zero-order valence-electron chi connectivity index (χ0n) is 16.1. The van der Waals surface area contributed by atoms with E-state index in [-0.39, 0.29) is 11.7 Å². The summed E-state index contributed by atoms with van der Waals surface area (Å²) in [6, 6.07) is 1.95. The summed E-state index contributed by atoms with van der Waals surface area (Å²) in [6.07, 6.45) is 4.78. The number of aromatic nitrogens is 1. The molecule has 0 aromatic carbocycles. The zero-order valence-corrected chi connectivity index (χ0v) is 16.9. The minimum atomic E-state index is -3.42. The molecule has 2 heterocycles. The van der Waals surface area contributed by atoms with Crippen LogP contribution in [0.1, 0.15) is 31.4 Å². The number of rotatable bonds is 8. The number of nitrogens with zero attached hydrogens (tertiary/aromatic N) is 4. The molecule has 156 valence electrons. The summed E-state index contributed by atoms with van der Waals surface area (Å²) in [4.78, 5) is 18.0. The van der Waals surface area contributed by atoms with Crippen LogP contribution in [0.25, 0.3) is 0 Å². The van der Waals surface area contributed by atoms with Crippen molar-refractivity contribution in [2.45, 2.75) is 37.5 Å². The van der Waals surface area contributed by atoms with E-state index in [2.05, 4.69) is 20.8 Å². The molecule has 0 radical (unpaired) electrons. The summed E-state index contributed by atoms with van der Waals surface area (Å²) in [7, 11) is -1.71. The third kappa shape index (κ3) is 5.93. The second-order valence-electron chi connectivity index (χ2n) is 7.05. The molecule has 1 amide bonds. The molecule has 1 aromatic rings. The van der Waals surface area contributed by atoms with Gasteiger partial charge in [-0.1, -0.05) is 5.16 Å². The second-order valence-corrected chi connectivity index (χ2v) is 9.02. The zero-order chi connectivity index (χ0) is 20.0. The van der Waals surface area contributed by atoms with Gasteiger partial charge >= 0.3 is 0 Å². The van der Waals surface area contributed by atoms with Crippen LogP contribution in [-0.2, 0) is 20.6 Å². The smallest absolute Gasteiger partial charge is 0.220 e. The molecular weight excluding hydrogens is 384 g/mol. The van der Waals surface area contributed by atoms with Crippen LogP contribution in [-0.4, -0.2) is 80.5 Å². The number of hydrogen-bond donors (Lipinski definition) is 2. The fourth-order valence-corrected chi connectivity index (χ4v) is 4.50. The molecule has 2 fully saturated rings. The largest absolute Gasteiger partial charge is 0.364 e. The van der Waals surface area contributed by atoms with Crippen molar-refractivity contribution in [2.75, 3.05) is 39.8 Å². The average Bonchev–Trinajstić information content (AvgIpc) is 3.34. The first-order valence-electron chi connectivity index (χ1n) is 9.60. The quantitative estimate of drug-likeness (QED) is 0.343. The molecule has 3 rings (SSSR count). The number of amides is 1. The van der Waals surface area contributed by atoms with Gasteiger partial charge in [-0.3, -0.25) is 9.79 Å². The normalized spacial score (nSPS) is 18.9. The number of sulfonamides is 1. The first kappa shape index (κ1) is 20.6. The lowest BCUT2D eigenvalue weighted by Gasteiger charge is -2.35. The minimum absolute atomic E-state index is 0.102. The molecule has 2 N–H and O–H groups in total. The Morgan fingerprint density at radius 1 is 1.32 bits per heavy atom. The summed E-state index contributed by atoms with van der Waals surface area (Å²) in [5.41, 5.74) is 0.408. The maximum atomic E-state index is 12.5. The Labute approximate surface area is 165 Å². The van der Waals surface area contributed by atoms with Crippen molar-refractivity contribution in [1.29, 1.82) is 0 Å². The Kier molecular flexibility index (Phi) is 6.89. The molecule has 10 nitrogen and oxygen atoms in total. The maximum Gasteiger partial charge on any atom is 0.220 e. The van der Waals surface area contributed by atoms with E-state index < -0.39 is 10.0 Å². The van der Waals surface area contributed by atoms with Crippen molar-refractivity contribution in [2.24, 2.45) is 4.99 Å². The van der Waals surface area contributed by atoms with Crippen LogP contribution in [0.3, 0.4) is 0 Å². The van der Waals surface area contributed by atoms with Gasteiger partial charge in [-0.25, -0.2) is 8.42 Å². The Morgan fingerprint density at radius 3 is 2.68 bits per heavy atom. The van der Waals surface area contributed by atoms with Crippen molar-refractivity contribution in [3.8, 4) is 0 Å². The van der Waals surface area contributed by atoms with E-state index in [4.69, 9.17) is 4.52 Å². The SMILES string of the molecule is CN=C(NCCCC(=O)NC1CC1)N1CCN(S(=O)(=O)Cc2ccon2)CC1. The van der Waals surface area contributed by atoms with Gasteiger partial charge in [0, 0.05) is 58.3 Å². The van der Waals surface area contributed by atoms with Crippen LogP contribution in [0, 0.1) is 0 Å². The summed E-state index contributed by atoms with van der Waals surface area (Å²) in [5.74, 6) is 0.681. The molecule has 1 aliphatic heterocycles. The number of hydrogen-bond acceptors (Lipinski definition) is 6. The van der Waals surface area contributed by atoms with Gasteiger partial charge in [0.05, 0.1) is 5.69 Å². The fraction of sp³-hybridized carbons (Fsp3) is 0.706. The van der Waals surface area contributed by atoms with E-state index in [1.807, 2.05) is 4.90 Å². The number of carbonyl (C=O) groups is 1. The van der Waals surface area contributed by atoms with Gasteiger partial charge in [0.2, 0.25) is 15.9 Å². The molecule has 1 saturated heterocycles. The van der Waals surface area contributed by atoms with E-state index >= 15 is 0 Å². The predicted molar refractivity (Wildman–Crippen MR) is 104 cm³/mol. The molecule has 28 heavy (non-hydrogen) atoms. The van der Waals surface area contributed by atoms with E-state index in [1.165, 1.54) is 10.6 Å². The molecule has 11 heteroatoms. The van der Waals surface area contributed by atoms with E-state index in [0.29, 0.717) is 50.9 Å². The van der Waals surface area contributed by atoms with Crippen molar-refractivity contribution >= 4 is 21.9 Å². The Balaban J connectivity index is 1.39. The fourth-order valence-electron chi connectivity index (χ4n) is 3.08. The lowest BCUT2D eigenvalue weighted by atomic mass is 10.3. The molecule has 0 unspecified atom stereocenters. The molecule has 1 aliphatic carbocycles. The third-order valence-corrected chi connectivity index (χ3v) is 6.58. The molecule has 0 bridgehead atoms. The summed E-state index contributed by atoms with van der Waals surface area (Å²) in [6.45, 7) is 2.55. The van der Waals surface area contributed by atoms with Crippen LogP contribution in [0.4, 0.5) is 0 Å². The number of carbonyl (C=O) groups excluding carboxylic acids is 1. The molecular formula is C17H28N6O4S. The van der Waals surface area contributed by atoms with Crippen LogP contribution in [0.15, 0.2) is 21.8 Å². The number of piperazine rings is 1. The lowest BCUT2D eigenvalue weighted by molar-refractivity contribution is -0.121. The highest BCUT2D eigenvalue weighted by atomic mass is 32.2. The molecule has 0 atom stereocenters. The van der Waals surface area contributed by atoms with Crippen molar-refractivity contribution < 1.29 is 17.7 Å². The first-order chi connectivity index (χ1) is 13.5. The third-order valence-electron chi connectivity index (χ3n) is 4.77. The Bertz CT molecular complexity index is 768. The Morgan fingerprint density at radius 2 is 2.07 bits per heavy atom. The number of aliphatic imine (C=N–C) groups is 1. The number of guanidine groups is 1. The van der Waals surface area contributed by atoms with Crippen LogP contribution in [0.2, 0.25) is 0 Å². The molecule has 2 aliphatic rings. The van der Waals surface area contributed by atoms with E-state index in [0.717, 1.165) is 25.2 Å². The highest BCUT2D eigenvalue weighted by molar-refractivity contribution is 7.88. The molecule has 0 spiro atoms. The monoisotopic (exact) mass is 412 g/mol. The average molecular weight is 413 g/mol. The van der Waals surface area contributed by atoms with Gasteiger partial charge in [0.1, 0.15) is 12.0 Å². The van der Waals surface area contributed by atoms with Crippen LogP contribution < -0.4 is 10.6 Å². The highest BCUT2D eigenvalue weighted by Gasteiger charge is 2.29. The van der Waals surface area contributed by atoms with Crippen LogP contribution in [0.5, 0.6) is 0 Å². The van der Waals surface area contributed by atoms with Crippen molar-refractivity contribution in [1.82, 2.24) is 25.0 Å². The van der Waals surface area contributed by atoms with Gasteiger partial charge in [-0.05, 0) is 19.3 Å². The van der Waals surface area contributed by atoms with Gasteiger partial charge in [-0.15, -0.1) is 0 Å². The molecule has 1 aromatic heterocycles. The topological polar surface area (TPSA) is 120 Å². The maximum absolute atomic E-state index is 12.5. The lowest BCUT2D eigenvalue weighted by Crippen LogP contribution is -2.54. The highest BCUT2D eigenvalue weighted by Crippen LogP contribution is 2.18. The van der Waals surface area contributed by atoms with Gasteiger partial charge < -0.3 is 20.1 Å². The van der Waals surface area contributed by atoms with Gasteiger partial charge in [0.25, 0.3) is 0 Å². The molecule has 1 saturated carbocycles. The van der Waals surface area contributed by atoms with E-state index in [1.54, 1.807) is 13.1 Å². The number of nitrogens with one attached hydrogen (secondary N) is 2. The van der Waals surface area contributed by atoms with E-state index in [9.17, 15) is 13.2 Å². The van der Waals surface area contributed by atoms with Crippen molar-refractivity contribution in [3.05, 3.63) is 18.0 Å². The second kappa shape index (κ2) is 9.37. The van der Waals surface area contributed by atoms with Gasteiger partial charge in [-0.2, -0.15) is 4.31 Å². The first-order valence-corrected chi connectivity index (χ1v) is 11.2. The predicted octanol–water partition coefficient (Wildman–Crippen LogP) is -0.244. The summed E-state index contributed by atoms with van der Waals surface area (Å²) < 4.78 is 31.2. The van der Waals surface area contributed by atoms with Gasteiger partial charge in [0.15, 0.2) is 5.96 Å². The Hall–Kier alpha value is -2.14. The summed E-state index contributed by atoms with van der Waals surface area (Å²) >= 11 is 0. The standard InChI is InChI=1S/C17H28N6O4S/c1-18-17(19-7-2-3-16(24)20-14-4-5-14)22-8-10-23(11-9-22)28(25,26)13-15-6-12-27-21-15/h6,12,14H,2-5,7-11,13H2,1H3,(H,18,19)(H,20,24).